The molecule has 4 aliphatic rings. The van der Waals surface area contributed by atoms with Crippen molar-refractivity contribution >= 4 is 0 Å². The van der Waals surface area contributed by atoms with Gasteiger partial charge < -0.3 is 95.1 Å². The number of ether oxygens (including phenoxy) is 1. The first-order chi connectivity index (χ1) is 59.5. The largest absolute Gasteiger partial charge is 0.379 e. The summed E-state index contributed by atoms with van der Waals surface area (Å²) >= 11 is 0. The van der Waals surface area contributed by atoms with Gasteiger partial charge in [0.2, 0.25) is 0 Å². The number of rotatable bonds is 51. The summed E-state index contributed by atoms with van der Waals surface area (Å²) < 4.78 is 5.01. The van der Waals surface area contributed by atoms with Crippen LogP contribution in [0.25, 0.3) is 0 Å². The first kappa shape index (κ1) is 152. The number of hydrogen-bond donors (Lipinski definition) is 17. The minimum absolute atomic E-state index is 0.630. The third-order valence-corrected chi connectivity index (χ3v) is 18.9. The second-order valence-electron chi connectivity index (χ2n) is 36.5. The normalized spacial score (nSPS) is 13.6. The Balaban J connectivity index is -0.0000000961. The van der Waals surface area contributed by atoms with Crippen molar-refractivity contribution in [3.8, 4) is 0 Å². The highest BCUT2D eigenvalue weighted by Gasteiger charge is 2.06. The minimum atomic E-state index is 0.630. The third kappa shape index (κ3) is 225. The van der Waals surface area contributed by atoms with Crippen LogP contribution < -0.4 is 90.4 Å². The quantitative estimate of drug-likeness (QED) is 0.0255. The van der Waals surface area contributed by atoms with Crippen LogP contribution in [0.5, 0.6) is 0 Å². The molecule has 0 amide bonds. The van der Waals surface area contributed by atoms with Gasteiger partial charge >= 0.3 is 0 Å². The summed E-state index contributed by atoms with van der Waals surface area (Å²) in [5, 5.41) is 55.6. The van der Waals surface area contributed by atoms with Gasteiger partial charge in [0.1, 0.15) is 0 Å². The zero-order valence-corrected chi connectivity index (χ0v) is 93.3. The predicted octanol–water partition coefficient (Wildman–Crippen LogP) is 23.0. The highest BCUT2D eigenvalue weighted by Crippen LogP contribution is 2.08. The first-order valence-electron chi connectivity index (χ1n) is 54.1. The molecule has 0 saturated carbocycles. The van der Waals surface area contributed by atoms with Crippen molar-refractivity contribution < 1.29 is 4.74 Å². The first-order valence-corrected chi connectivity index (χ1v) is 54.1. The molecule has 17 N–H and O–H groups in total. The van der Waals surface area contributed by atoms with Crippen LogP contribution in [0.4, 0.5) is 0 Å². The molecule has 0 spiro atoms. The average Bonchev–Trinajstić information content (AvgIpc) is 1.12. The number of nitrogens with one attached hydrogen (secondary N) is 17. The van der Waals surface area contributed by atoms with Crippen LogP contribution in [0.3, 0.4) is 0 Å². The molecule has 0 aromatic heterocycles. The van der Waals surface area contributed by atoms with Crippen LogP contribution in [0.2, 0.25) is 0 Å². The summed E-state index contributed by atoms with van der Waals surface area (Å²) in [7, 11) is 6.02. The standard InChI is InChI=1S/C8H19N.7C7H17N.C6H13N.5C6H15N.C5H11N.C4H9NO.C4H9N/c1-3-4-5-6-7-8-9-2;1-6(2)5-8-7(3)4;1-5-7(4)8-6(2)3;1-4-5-8-6-7(2)3;1-4-5-6-8-7(2)3;1-4-6-8-7(3)5-2;1-3-4-5-6-7-8-2;1-3-5-7-8-6-4-2;1-6-2-4-7-5-3-6;1-4-7-5-6(2)3;1-4-5-7-6(2)3;1-4-6(3)7-5-2;1-3-4-5-6-7-2;1-3-5-6-7-4-2;1-2-4-6-5-3-1;1-3-6-4-2-5-1;1-2-4-5-3-1/h9H,3-8H2,1-2H3;2*6-8H,5H2,1-4H3;3*7-8H,4-6H2,1-3H3;2*8H,3-7H2,1-2H3;6-7H,2-5H2,1H3;3*6-7H,4-5H2,1-3H3;2*7H,3-6H2,1-2H3;6H,1-5H2;5H,1-4H2;5H,1-4H2. The molecule has 124 heavy (non-hydrogen) atoms. The Morgan fingerprint density at radius 2 is 0.589 bits per heavy atom. The molecule has 0 aromatic carbocycles. The number of unbranched alkanes of at least 4 members (excludes halogenated alkanes) is 12. The van der Waals surface area contributed by atoms with Crippen LogP contribution in [-0.2, 0) is 4.74 Å². The molecule has 4 saturated heterocycles. The molecule has 0 aromatic rings. The summed E-state index contributed by atoms with van der Waals surface area (Å²) in [5.74, 6) is 3.33. The van der Waals surface area contributed by atoms with Gasteiger partial charge in [-0.15, -0.1) is 0 Å². The fourth-order valence-corrected chi connectivity index (χ4v) is 10.4. The van der Waals surface area contributed by atoms with E-state index in [-0.39, 0.29) is 0 Å². The number of piperidine rings is 2. The van der Waals surface area contributed by atoms with Crippen LogP contribution in [0.1, 0.15) is 441 Å². The van der Waals surface area contributed by atoms with Gasteiger partial charge in [-0.3, -0.25) is 0 Å². The monoisotopic (exact) mass is 1780 g/mol. The van der Waals surface area contributed by atoms with Crippen molar-refractivity contribution in [3.05, 3.63) is 0 Å². The van der Waals surface area contributed by atoms with Crippen molar-refractivity contribution in [2.45, 2.75) is 483 Å². The van der Waals surface area contributed by atoms with Crippen molar-refractivity contribution in [1.29, 1.82) is 0 Å². The Morgan fingerprint density at radius 1 is 0.258 bits per heavy atom. The Hall–Kier alpha value is -0.720. The topological polar surface area (TPSA) is 214 Å². The maximum absolute atomic E-state index is 5.01. The van der Waals surface area contributed by atoms with Crippen LogP contribution in [0.15, 0.2) is 0 Å². The highest BCUT2D eigenvalue weighted by molar-refractivity contribution is 4.64. The Bertz CT molecular complexity index is 1400. The van der Waals surface area contributed by atoms with Gasteiger partial charge in [0.15, 0.2) is 0 Å². The summed E-state index contributed by atoms with van der Waals surface area (Å²) in [4.78, 5) is 0. The smallest absolute Gasteiger partial charge is 0.0591 e. The summed E-state index contributed by atoms with van der Waals surface area (Å²) in [6.07, 6.45) is 42.6. The van der Waals surface area contributed by atoms with E-state index in [4.69, 9.17) is 4.74 Å². The number of hydrogen-bond acceptors (Lipinski definition) is 18. The van der Waals surface area contributed by atoms with E-state index in [1.54, 1.807) is 0 Å². The SMILES string of the molecule is C1CCNC1.C1CCNCC1.C1COCCN1.CC(C)CNC(C)C.CC1CCNCC1.CCC(C)NC(C)C.CCCCCCCNC.CCCCCCNC.CCCCCNC.CCCCNC(C)C.CCCCNCC.CCCCNCCC.CCCNC(C)C.CCCNC(C)CC.CCCNCC(C)C.CCNC(C)CC.CCNCC(C)C. The molecule has 0 aliphatic carbocycles. The average molecular weight is 1780 g/mol. The second kappa shape index (κ2) is 153. The number of morpholine rings is 1. The van der Waals surface area contributed by atoms with E-state index < -0.39 is 0 Å². The lowest BCUT2D eigenvalue weighted by Gasteiger charge is -2.17. The van der Waals surface area contributed by atoms with Crippen molar-refractivity contribution in [1.82, 2.24) is 90.4 Å². The lowest BCUT2D eigenvalue weighted by Crippen LogP contribution is -2.31. The Morgan fingerprint density at radius 3 is 0.855 bits per heavy atom. The molecular formula is C106H255N17O. The van der Waals surface area contributed by atoms with E-state index in [9.17, 15) is 0 Å². The van der Waals surface area contributed by atoms with Crippen LogP contribution in [-0.4, -0.2) is 234 Å². The maximum Gasteiger partial charge on any atom is 0.0591 e. The lowest BCUT2D eigenvalue weighted by atomic mass is 10.0. The molecule has 3 unspecified atom stereocenters. The van der Waals surface area contributed by atoms with Crippen LogP contribution >= 0.6 is 0 Å². The van der Waals surface area contributed by atoms with E-state index in [0.29, 0.717) is 42.3 Å². The molecule has 4 fully saturated rings. The van der Waals surface area contributed by atoms with E-state index >= 15 is 0 Å². The van der Waals surface area contributed by atoms with Gasteiger partial charge in [0.25, 0.3) is 0 Å². The Labute approximate surface area is 789 Å². The second-order valence-corrected chi connectivity index (χ2v) is 36.5. The minimum Gasteiger partial charge on any atom is -0.379 e. The molecule has 4 rings (SSSR count). The predicted molar refractivity (Wildman–Crippen MR) is 580 cm³/mol. The lowest BCUT2D eigenvalue weighted by molar-refractivity contribution is 0.109. The van der Waals surface area contributed by atoms with E-state index in [0.717, 1.165) is 109 Å². The third-order valence-electron chi connectivity index (χ3n) is 18.9. The van der Waals surface area contributed by atoms with E-state index in [1.807, 2.05) is 21.1 Å². The van der Waals surface area contributed by atoms with Gasteiger partial charge in [-0.2, -0.15) is 0 Å². The summed E-state index contributed by atoms with van der Waals surface area (Å²) in [6, 6.07) is 4.65. The highest BCUT2D eigenvalue weighted by atomic mass is 16.5. The molecule has 0 radical (unpaired) electrons. The zero-order chi connectivity index (χ0) is 97.1. The fraction of sp³-hybridized carbons (Fsp3) is 1.00. The van der Waals surface area contributed by atoms with Gasteiger partial charge in [-0.1, -0.05) is 298 Å². The van der Waals surface area contributed by atoms with Gasteiger partial charge in [-0.05, 0) is 332 Å². The Kier molecular flexibility index (Phi) is 188. The van der Waals surface area contributed by atoms with Gasteiger partial charge in [0.05, 0.1) is 13.2 Å². The molecule has 18 nitrogen and oxygen atoms in total. The van der Waals surface area contributed by atoms with Gasteiger partial charge in [0, 0.05) is 55.4 Å². The van der Waals surface area contributed by atoms with Gasteiger partial charge in [-0.25, -0.2) is 0 Å². The van der Waals surface area contributed by atoms with E-state index in [1.165, 1.54) is 291 Å². The van der Waals surface area contributed by atoms with Crippen LogP contribution in [0, 0.1) is 23.7 Å². The molecule has 4 heterocycles. The zero-order valence-electron chi connectivity index (χ0n) is 93.3. The molecule has 0 bridgehead atoms. The maximum atomic E-state index is 5.01. The summed E-state index contributed by atoms with van der Waals surface area (Å²) in [6.45, 7) is 104. The fourth-order valence-electron chi connectivity index (χ4n) is 10.4. The van der Waals surface area contributed by atoms with E-state index in [2.05, 4.69) is 326 Å². The van der Waals surface area contributed by atoms with Crippen molar-refractivity contribution in [2.75, 3.05) is 191 Å². The molecular weight excluding hydrogens is 1530 g/mol. The summed E-state index contributed by atoms with van der Waals surface area (Å²) in [5.41, 5.74) is 0. The molecule has 18 heteroatoms. The molecule has 4 aliphatic heterocycles. The van der Waals surface area contributed by atoms with Crippen molar-refractivity contribution in [2.24, 2.45) is 23.7 Å². The van der Waals surface area contributed by atoms with Crippen molar-refractivity contribution in [3.63, 3.8) is 0 Å². The molecule has 3 atom stereocenters. The molecule has 770 valence electrons.